The van der Waals surface area contributed by atoms with Gasteiger partial charge < -0.3 is 10.2 Å². The molecule has 0 spiro atoms. The first-order valence-corrected chi connectivity index (χ1v) is 19.0. The quantitative estimate of drug-likeness (QED) is 0.308. The Kier molecular flexibility index (Phi) is 8.30. The molecule has 4 nitrogen and oxygen atoms in total. The third-order valence-electron chi connectivity index (χ3n) is 16.0. The molecule has 2 N–H and O–H groups in total. The molecule has 6 fully saturated rings. The molecule has 0 aromatic carbocycles. The molecule has 248 valence electrons. The fourth-order valence-electron chi connectivity index (χ4n) is 13.9. The number of fused-ring (bicyclic) bond motifs is 10. The molecule has 0 heterocycles. The number of hydrogen-bond acceptors (Lipinski definition) is 4. The fraction of sp³-hybridized carbons (Fsp3) is 0.762. The van der Waals surface area contributed by atoms with Crippen LogP contribution >= 0.6 is 0 Å². The van der Waals surface area contributed by atoms with E-state index < -0.39 is 11.2 Å². The van der Waals surface area contributed by atoms with Gasteiger partial charge in [-0.1, -0.05) is 36.8 Å². The molecule has 0 unspecified atom stereocenters. The number of terminal acetylenes is 2. The second-order valence-electron chi connectivity index (χ2n) is 16.8. The standard InChI is InChI=1S/2C21H28O2/c2*1-3-20-11-9-17-16-8-6-15(22)13-14(16)5-7-18(17)19(20)10-12-21(20,23)4-2/h2*2,13,16-19,23H,3,5-12H2,1H3/t2*16-,17+,18+,19-,20-,21-/m10/s1. The number of carbonyl (C=O) groups is 2. The van der Waals surface area contributed by atoms with E-state index >= 15 is 0 Å². The monoisotopic (exact) mass is 624 g/mol. The first-order valence-electron chi connectivity index (χ1n) is 19.0. The van der Waals surface area contributed by atoms with Crippen molar-refractivity contribution in [1.82, 2.24) is 0 Å². The summed E-state index contributed by atoms with van der Waals surface area (Å²) in [7, 11) is 0. The highest BCUT2D eigenvalue weighted by Gasteiger charge is 2.64. The van der Waals surface area contributed by atoms with Crippen molar-refractivity contribution in [3.8, 4) is 24.7 Å². The smallest absolute Gasteiger partial charge is 0.155 e. The average molecular weight is 625 g/mol. The van der Waals surface area contributed by atoms with Gasteiger partial charge in [0.05, 0.1) is 0 Å². The van der Waals surface area contributed by atoms with Crippen LogP contribution in [0.1, 0.15) is 129 Å². The lowest BCUT2D eigenvalue weighted by atomic mass is 9.49. The Bertz CT molecular complexity index is 1300. The van der Waals surface area contributed by atoms with Crippen LogP contribution in [0.2, 0.25) is 0 Å². The van der Waals surface area contributed by atoms with Gasteiger partial charge in [0, 0.05) is 23.7 Å². The average Bonchev–Trinajstić information content (AvgIpc) is 3.56. The molecular weight excluding hydrogens is 568 g/mol. The molecular formula is C42H56O4. The van der Waals surface area contributed by atoms with Gasteiger partial charge in [0.2, 0.25) is 0 Å². The first-order chi connectivity index (χ1) is 22.1. The van der Waals surface area contributed by atoms with Crippen molar-refractivity contribution in [2.45, 2.75) is 141 Å². The molecule has 8 rings (SSSR count). The maximum atomic E-state index is 11.8. The highest BCUT2D eigenvalue weighted by atomic mass is 16.3. The number of allylic oxidation sites excluding steroid dienone is 2. The molecule has 12 atom stereocenters. The highest BCUT2D eigenvalue weighted by molar-refractivity contribution is 5.91. The molecule has 0 radical (unpaired) electrons. The number of carbonyl (C=O) groups excluding carboxylic acids is 2. The van der Waals surface area contributed by atoms with Gasteiger partial charge in [0.15, 0.2) is 11.6 Å². The van der Waals surface area contributed by atoms with Gasteiger partial charge in [0.1, 0.15) is 11.2 Å². The summed E-state index contributed by atoms with van der Waals surface area (Å²) in [6.07, 6.45) is 33.8. The van der Waals surface area contributed by atoms with Crippen molar-refractivity contribution in [2.24, 2.45) is 58.2 Å². The molecule has 0 aromatic heterocycles. The Morgan fingerprint density at radius 3 is 1.39 bits per heavy atom. The zero-order chi connectivity index (χ0) is 32.5. The van der Waals surface area contributed by atoms with Crippen LogP contribution in [-0.2, 0) is 9.59 Å². The van der Waals surface area contributed by atoms with Crippen molar-refractivity contribution in [3.63, 3.8) is 0 Å². The molecule has 0 aromatic rings. The van der Waals surface area contributed by atoms with Crippen molar-refractivity contribution in [1.29, 1.82) is 0 Å². The zero-order valence-corrected chi connectivity index (χ0v) is 28.4. The molecule has 0 bridgehead atoms. The summed E-state index contributed by atoms with van der Waals surface area (Å²) in [5, 5.41) is 22.2. The normalized spacial score (nSPS) is 48.7. The van der Waals surface area contributed by atoms with E-state index in [1.807, 2.05) is 12.2 Å². The van der Waals surface area contributed by atoms with Crippen LogP contribution in [0.5, 0.6) is 0 Å². The number of hydrogen-bond donors (Lipinski definition) is 2. The van der Waals surface area contributed by atoms with Gasteiger partial charge in [0.25, 0.3) is 0 Å². The van der Waals surface area contributed by atoms with Gasteiger partial charge in [-0.2, -0.15) is 0 Å². The summed E-state index contributed by atoms with van der Waals surface area (Å²) in [6, 6.07) is 0. The van der Waals surface area contributed by atoms with E-state index in [4.69, 9.17) is 12.8 Å². The summed E-state index contributed by atoms with van der Waals surface area (Å²) in [5.74, 6) is 11.5. The minimum Gasteiger partial charge on any atom is -0.377 e. The summed E-state index contributed by atoms with van der Waals surface area (Å²) < 4.78 is 0. The predicted molar refractivity (Wildman–Crippen MR) is 181 cm³/mol. The topological polar surface area (TPSA) is 74.6 Å². The molecule has 8 aliphatic carbocycles. The molecule has 0 saturated heterocycles. The molecule has 46 heavy (non-hydrogen) atoms. The summed E-state index contributed by atoms with van der Waals surface area (Å²) in [5.41, 5.74) is 0.948. The maximum Gasteiger partial charge on any atom is 0.155 e. The van der Waals surface area contributed by atoms with Crippen molar-refractivity contribution in [2.75, 3.05) is 0 Å². The Morgan fingerprint density at radius 1 is 0.609 bits per heavy atom. The molecule has 4 heteroatoms. The van der Waals surface area contributed by atoms with Crippen LogP contribution in [-0.4, -0.2) is 33.0 Å². The second-order valence-corrected chi connectivity index (χ2v) is 16.8. The van der Waals surface area contributed by atoms with Crippen molar-refractivity contribution >= 4 is 11.6 Å². The summed E-state index contributed by atoms with van der Waals surface area (Å²) in [4.78, 5) is 23.5. The van der Waals surface area contributed by atoms with Gasteiger partial charge >= 0.3 is 0 Å². The van der Waals surface area contributed by atoms with Crippen LogP contribution in [0.4, 0.5) is 0 Å². The SMILES string of the molecule is C#C[C@@]1(O)CC[C@@H]2[C@H]3CCC4=CC(=O)CC[C@H]4[C@@H]3CC[C@]21CC.C#C[C@]1(O)CC[C@H]2[C@@H]3CCC4=CC(=O)CC[C@@H]4[C@H]3CC[C@@]21CC. The molecule has 6 saturated carbocycles. The molecule has 0 amide bonds. The third-order valence-corrected chi connectivity index (χ3v) is 16.0. The van der Waals surface area contributed by atoms with E-state index in [2.05, 4.69) is 25.7 Å². The minimum absolute atomic E-state index is 0.0609. The van der Waals surface area contributed by atoms with E-state index in [0.717, 1.165) is 89.9 Å². The minimum atomic E-state index is -0.893. The van der Waals surface area contributed by atoms with Gasteiger partial charge in [-0.05, 0) is 162 Å². The van der Waals surface area contributed by atoms with E-state index in [0.29, 0.717) is 58.9 Å². The van der Waals surface area contributed by atoms with E-state index in [-0.39, 0.29) is 10.8 Å². The van der Waals surface area contributed by atoms with Crippen molar-refractivity contribution in [3.05, 3.63) is 23.3 Å². The maximum absolute atomic E-state index is 11.8. The van der Waals surface area contributed by atoms with E-state index in [1.165, 1.54) is 36.8 Å². The summed E-state index contributed by atoms with van der Waals surface area (Å²) in [6.45, 7) is 4.43. The van der Waals surface area contributed by atoms with E-state index in [1.54, 1.807) is 0 Å². The number of rotatable bonds is 2. The Hall–Kier alpha value is -2.14. The number of aliphatic hydroxyl groups is 2. The van der Waals surface area contributed by atoms with Gasteiger partial charge in [-0.15, -0.1) is 12.8 Å². The lowest BCUT2D eigenvalue weighted by molar-refractivity contribution is -0.118. The highest BCUT2D eigenvalue weighted by Crippen LogP contribution is 2.67. The van der Waals surface area contributed by atoms with Gasteiger partial charge in [-0.3, -0.25) is 9.59 Å². The van der Waals surface area contributed by atoms with Crippen LogP contribution in [0.3, 0.4) is 0 Å². The Labute approximate surface area is 277 Å². The third kappa shape index (κ3) is 4.56. The Balaban J connectivity index is 0.000000147. The zero-order valence-electron chi connectivity index (χ0n) is 28.4. The first kappa shape index (κ1) is 32.4. The van der Waals surface area contributed by atoms with Crippen LogP contribution in [0.15, 0.2) is 23.3 Å². The van der Waals surface area contributed by atoms with Crippen LogP contribution in [0, 0.1) is 82.9 Å². The van der Waals surface area contributed by atoms with E-state index in [9.17, 15) is 19.8 Å². The van der Waals surface area contributed by atoms with Crippen molar-refractivity contribution < 1.29 is 19.8 Å². The lowest BCUT2D eigenvalue weighted by Crippen LogP contribution is -2.53. The summed E-state index contributed by atoms with van der Waals surface area (Å²) >= 11 is 0. The van der Waals surface area contributed by atoms with Crippen LogP contribution < -0.4 is 0 Å². The van der Waals surface area contributed by atoms with Crippen LogP contribution in [0.25, 0.3) is 0 Å². The fourth-order valence-corrected chi connectivity index (χ4v) is 13.9. The second kappa shape index (κ2) is 11.8. The lowest BCUT2D eigenvalue weighted by Gasteiger charge is -2.55. The number of ketones is 2. The Morgan fingerprint density at radius 2 is 1.02 bits per heavy atom. The van der Waals surface area contributed by atoms with Gasteiger partial charge in [-0.25, -0.2) is 0 Å². The molecule has 8 aliphatic rings. The molecule has 0 aliphatic heterocycles. The largest absolute Gasteiger partial charge is 0.377 e. The predicted octanol–water partition coefficient (Wildman–Crippen LogP) is 7.77.